The molecule has 0 fully saturated rings. The monoisotopic (exact) mass is 340 g/mol. The molecule has 0 aliphatic carbocycles. The molecule has 2 nitrogen and oxygen atoms in total. The topological polar surface area (TPSA) is 29.5 Å². The Kier molecular flexibility index (Phi) is 6.82. The van der Waals surface area contributed by atoms with Gasteiger partial charge in [-0.05, 0) is 30.9 Å². The summed E-state index contributed by atoms with van der Waals surface area (Å²) in [4.78, 5) is 0. The first kappa shape index (κ1) is 16.5. The van der Waals surface area contributed by atoms with Crippen LogP contribution in [0.2, 0.25) is 0 Å². The maximum Gasteiger partial charge on any atom is 0.411 e. The van der Waals surface area contributed by atoms with Gasteiger partial charge in [0.2, 0.25) is 0 Å². The maximum atomic E-state index is 11.8. The molecule has 0 spiro atoms. The van der Waals surface area contributed by atoms with Crippen LogP contribution in [0, 0.1) is 0 Å². The SMILES string of the molecule is OC(CCCOCC(F)(F)F)Cc1ccccc1Br. The second-order valence-electron chi connectivity index (χ2n) is 4.26. The molecule has 0 saturated heterocycles. The van der Waals surface area contributed by atoms with E-state index in [4.69, 9.17) is 0 Å². The number of rotatable bonds is 7. The smallest absolute Gasteiger partial charge is 0.393 e. The highest BCUT2D eigenvalue weighted by Crippen LogP contribution is 2.19. The lowest BCUT2D eigenvalue weighted by atomic mass is 10.0. The lowest BCUT2D eigenvalue weighted by Crippen LogP contribution is -2.18. The number of ether oxygens (including phenoxy) is 1. The van der Waals surface area contributed by atoms with E-state index in [1.807, 2.05) is 24.3 Å². The van der Waals surface area contributed by atoms with E-state index in [0.717, 1.165) is 10.0 Å². The van der Waals surface area contributed by atoms with Gasteiger partial charge in [0, 0.05) is 11.1 Å². The van der Waals surface area contributed by atoms with E-state index in [-0.39, 0.29) is 6.61 Å². The minimum Gasteiger partial charge on any atom is -0.393 e. The zero-order chi connectivity index (χ0) is 14.3. The van der Waals surface area contributed by atoms with E-state index >= 15 is 0 Å². The van der Waals surface area contributed by atoms with Crippen LogP contribution in [0.25, 0.3) is 0 Å². The molecule has 1 aromatic rings. The van der Waals surface area contributed by atoms with Gasteiger partial charge in [-0.3, -0.25) is 0 Å². The van der Waals surface area contributed by atoms with E-state index in [9.17, 15) is 18.3 Å². The van der Waals surface area contributed by atoms with Crippen molar-refractivity contribution in [3.63, 3.8) is 0 Å². The van der Waals surface area contributed by atoms with Crippen LogP contribution < -0.4 is 0 Å². The number of halogens is 4. The van der Waals surface area contributed by atoms with Crippen LogP contribution in [0.1, 0.15) is 18.4 Å². The van der Waals surface area contributed by atoms with Gasteiger partial charge in [-0.25, -0.2) is 0 Å². The Morgan fingerprint density at radius 1 is 1.26 bits per heavy atom. The fourth-order valence-electron chi connectivity index (χ4n) is 1.63. The first-order valence-electron chi connectivity index (χ1n) is 5.94. The molecule has 0 amide bonds. The minimum absolute atomic E-state index is 0.00648. The van der Waals surface area contributed by atoms with Gasteiger partial charge in [0.15, 0.2) is 0 Å². The summed E-state index contributed by atoms with van der Waals surface area (Å²) in [5.41, 5.74) is 0.978. The molecule has 108 valence electrons. The van der Waals surface area contributed by atoms with Crippen molar-refractivity contribution in [2.75, 3.05) is 13.2 Å². The van der Waals surface area contributed by atoms with Gasteiger partial charge >= 0.3 is 6.18 Å². The van der Waals surface area contributed by atoms with Crippen molar-refractivity contribution in [1.29, 1.82) is 0 Å². The Balaban J connectivity index is 2.18. The number of aliphatic hydroxyl groups is 1. The summed E-state index contributed by atoms with van der Waals surface area (Å²) in [5, 5.41) is 9.79. The highest BCUT2D eigenvalue weighted by Gasteiger charge is 2.27. The third kappa shape index (κ3) is 7.54. The van der Waals surface area contributed by atoms with Crippen LogP contribution in [0.5, 0.6) is 0 Å². The summed E-state index contributed by atoms with van der Waals surface area (Å²) in [6.45, 7) is -1.22. The zero-order valence-corrected chi connectivity index (χ0v) is 11.9. The van der Waals surface area contributed by atoms with Gasteiger partial charge in [-0.2, -0.15) is 13.2 Å². The molecule has 1 atom stereocenters. The van der Waals surface area contributed by atoms with Crippen LogP contribution in [0.4, 0.5) is 13.2 Å². The molecule has 0 aliphatic rings. The second-order valence-corrected chi connectivity index (χ2v) is 5.11. The third-order valence-corrected chi connectivity index (χ3v) is 3.28. The Hall–Kier alpha value is -0.590. The predicted octanol–water partition coefficient (Wildman–Crippen LogP) is 3.71. The van der Waals surface area contributed by atoms with Crippen LogP contribution in [-0.4, -0.2) is 30.6 Å². The van der Waals surface area contributed by atoms with E-state index < -0.39 is 18.9 Å². The second kappa shape index (κ2) is 7.87. The molecule has 1 unspecified atom stereocenters. The average molecular weight is 341 g/mol. The first-order chi connectivity index (χ1) is 8.88. The normalized spacial score (nSPS) is 13.5. The van der Waals surface area contributed by atoms with E-state index in [2.05, 4.69) is 20.7 Å². The number of hydrogen-bond acceptors (Lipinski definition) is 2. The fourth-order valence-corrected chi connectivity index (χ4v) is 2.08. The molecular weight excluding hydrogens is 325 g/mol. The summed E-state index contributed by atoms with van der Waals surface area (Å²) < 4.78 is 40.8. The maximum absolute atomic E-state index is 11.8. The average Bonchev–Trinajstić information content (AvgIpc) is 2.30. The van der Waals surface area contributed by atoms with Crippen molar-refractivity contribution in [3.05, 3.63) is 34.3 Å². The van der Waals surface area contributed by atoms with Crippen molar-refractivity contribution in [2.24, 2.45) is 0 Å². The molecule has 0 bridgehead atoms. The third-order valence-electron chi connectivity index (χ3n) is 2.51. The van der Waals surface area contributed by atoms with Crippen LogP contribution in [-0.2, 0) is 11.2 Å². The van der Waals surface area contributed by atoms with Gasteiger partial charge in [0.1, 0.15) is 6.61 Å². The molecule has 0 radical (unpaired) electrons. The molecule has 0 aliphatic heterocycles. The lowest BCUT2D eigenvalue weighted by molar-refractivity contribution is -0.174. The van der Waals surface area contributed by atoms with Gasteiger partial charge < -0.3 is 9.84 Å². The van der Waals surface area contributed by atoms with Crippen molar-refractivity contribution in [1.82, 2.24) is 0 Å². The summed E-state index contributed by atoms with van der Waals surface area (Å²) in [7, 11) is 0. The number of benzene rings is 1. The van der Waals surface area contributed by atoms with E-state index in [1.165, 1.54) is 0 Å². The molecule has 0 aromatic heterocycles. The number of hydrogen-bond donors (Lipinski definition) is 1. The molecule has 1 aromatic carbocycles. The molecule has 19 heavy (non-hydrogen) atoms. The lowest BCUT2D eigenvalue weighted by Gasteiger charge is -2.12. The zero-order valence-electron chi connectivity index (χ0n) is 10.3. The summed E-state index contributed by atoms with van der Waals surface area (Å²) in [6, 6.07) is 7.53. The van der Waals surface area contributed by atoms with E-state index in [0.29, 0.717) is 19.3 Å². The number of aliphatic hydroxyl groups excluding tert-OH is 1. The van der Waals surface area contributed by atoms with Crippen molar-refractivity contribution < 1.29 is 23.0 Å². The Bertz CT molecular complexity index is 382. The Morgan fingerprint density at radius 3 is 2.58 bits per heavy atom. The van der Waals surface area contributed by atoms with Gasteiger partial charge in [0.05, 0.1) is 6.10 Å². The standard InChI is InChI=1S/C13H16BrF3O2/c14-12-6-2-1-4-10(12)8-11(18)5-3-7-19-9-13(15,16)17/h1-2,4,6,11,18H,3,5,7-9H2. The van der Waals surface area contributed by atoms with Crippen LogP contribution >= 0.6 is 15.9 Å². The van der Waals surface area contributed by atoms with E-state index in [1.54, 1.807) is 0 Å². The Morgan fingerprint density at radius 2 is 1.95 bits per heavy atom. The van der Waals surface area contributed by atoms with Crippen LogP contribution in [0.3, 0.4) is 0 Å². The summed E-state index contributed by atoms with van der Waals surface area (Å²) >= 11 is 3.38. The van der Waals surface area contributed by atoms with Gasteiger partial charge in [0.25, 0.3) is 0 Å². The Labute approximate surface area is 118 Å². The summed E-state index contributed by atoms with van der Waals surface area (Å²) in [6.07, 6.45) is -3.57. The molecule has 1 N–H and O–H groups in total. The quantitative estimate of drug-likeness (QED) is 0.766. The van der Waals surface area contributed by atoms with Gasteiger partial charge in [-0.1, -0.05) is 34.1 Å². The van der Waals surface area contributed by atoms with Gasteiger partial charge in [-0.15, -0.1) is 0 Å². The highest BCUT2D eigenvalue weighted by molar-refractivity contribution is 9.10. The molecule has 6 heteroatoms. The van der Waals surface area contributed by atoms with Crippen molar-refractivity contribution in [3.8, 4) is 0 Å². The highest BCUT2D eigenvalue weighted by atomic mass is 79.9. The predicted molar refractivity (Wildman–Crippen MR) is 70.0 cm³/mol. The van der Waals surface area contributed by atoms with Crippen molar-refractivity contribution >= 4 is 15.9 Å². The summed E-state index contributed by atoms with van der Waals surface area (Å²) in [5.74, 6) is 0. The largest absolute Gasteiger partial charge is 0.411 e. The molecule has 0 saturated carbocycles. The first-order valence-corrected chi connectivity index (χ1v) is 6.74. The molecule has 0 heterocycles. The van der Waals surface area contributed by atoms with Crippen molar-refractivity contribution in [2.45, 2.75) is 31.5 Å². The fraction of sp³-hybridized carbons (Fsp3) is 0.538. The van der Waals surface area contributed by atoms with Crippen LogP contribution in [0.15, 0.2) is 28.7 Å². The molecular formula is C13H16BrF3O2. The molecule has 1 rings (SSSR count). The minimum atomic E-state index is -4.28. The number of alkyl halides is 3.